The summed E-state index contributed by atoms with van der Waals surface area (Å²) in [7, 11) is 0. The van der Waals surface area contributed by atoms with E-state index in [1.165, 1.54) is 36.1 Å². The molecule has 2 aromatic rings. The first-order valence-electron chi connectivity index (χ1n) is 6.92. The van der Waals surface area contributed by atoms with Crippen LogP contribution < -0.4 is 5.73 Å². The lowest BCUT2D eigenvalue weighted by molar-refractivity contribution is 0.401. The molecule has 0 amide bonds. The zero-order chi connectivity index (χ0) is 13.4. The first-order valence-corrected chi connectivity index (χ1v) is 6.92. The molecular weight excluding hydrogens is 236 g/mol. The molecule has 0 atom stereocenters. The molecular formula is C15H20N4. The van der Waals surface area contributed by atoms with Crippen LogP contribution in [0, 0.1) is 13.8 Å². The molecule has 1 aromatic heterocycles. The quantitative estimate of drug-likeness (QED) is 0.918. The Morgan fingerprint density at radius 3 is 2.42 bits per heavy atom. The van der Waals surface area contributed by atoms with E-state index in [4.69, 9.17) is 5.73 Å². The van der Waals surface area contributed by atoms with Crippen LogP contribution in [0.3, 0.4) is 0 Å². The van der Waals surface area contributed by atoms with Crippen molar-refractivity contribution in [2.45, 2.75) is 45.6 Å². The largest absolute Gasteiger partial charge is 0.325 e. The normalized spacial score (nSPS) is 15.5. The Morgan fingerprint density at radius 1 is 1.21 bits per heavy atom. The molecule has 0 aliphatic heterocycles. The van der Waals surface area contributed by atoms with Crippen molar-refractivity contribution in [1.29, 1.82) is 0 Å². The van der Waals surface area contributed by atoms with Crippen LogP contribution in [0.1, 0.15) is 47.7 Å². The van der Waals surface area contributed by atoms with Crippen LogP contribution in [-0.2, 0) is 6.54 Å². The molecule has 0 bridgehead atoms. The summed E-state index contributed by atoms with van der Waals surface area (Å²) in [5, 5.41) is 8.59. The first kappa shape index (κ1) is 12.4. The Kier molecular flexibility index (Phi) is 3.11. The van der Waals surface area contributed by atoms with Gasteiger partial charge in [0, 0.05) is 12.5 Å². The van der Waals surface area contributed by atoms with Gasteiger partial charge < -0.3 is 5.73 Å². The van der Waals surface area contributed by atoms with E-state index in [1.807, 2.05) is 4.68 Å². The molecule has 3 rings (SSSR count). The minimum atomic E-state index is 0.469. The average molecular weight is 256 g/mol. The van der Waals surface area contributed by atoms with Crippen molar-refractivity contribution in [2.24, 2.45) is 5.73 Å². The van der Waals surface area contributed by atoms with Gasteiger partial charge in [0.25, 0.3) is 0 Å². The van der Waals surface area contributed by atoms with E-state index in [9.17, 15) is 0 Å². The van der Waals surface area contributed by atoms with E-state index in [0.717, 1.165) is 11.4 Å². The highest BCUT2D eigenvalue weighted by molar-refractivity contribution is 5.41. The van der Waals surface area contributed by atoms with Crippen LogP contribution >= 0.6 is 0 Å². The zero-order valence-corrected chi connectivity index (χ0v) is 11.6. The predicted octanol–water partition coefficient (Wildman–Crippen LogP) is 2.61. The summed E-state index contributed by atoms with van der Waals surface area (Å²) in [6.07, 6.45) is 3.75. The Hall–Kier alpha value is -1.68. The van der Waals surface area contributed by atoms with Crippen molar-refractivity contribution in [3.05, 3.63) is 40.7 Å². The highest BCUT2D eigenvalue weighted by Gasteiger charge is 2.27. The first-order chi connectivity index (χ1) is 9.19. The van der Waals surface area contributed by atoms with Gasteiger partial charge in [0.1, 0.15) is 5.69 Å². The summed E-state index contributed by atoms with van der Waals surface area (Å²) in [6, 6.07) is 6.49. The molecule has 100 valence electrons. The van der Waals surface area contributed by atoms with Gasteiger partial charge in [-0.25, -0.2) is 4.68 Å². The fraction of sp³-hybridized carbons (Fsp3) is 0.467. The summed E-state index contributed by atoms with van der Waals surface area (Å²) >= 11 is 0. The minimum Gasteiger partial charge on any atom is -0.325 e. The number of hydrogen-bond donors (Lipinski definition) is 1. The van der Waals surface area contributed by atoms with Crippen LogP contribution in [0.25, 0.3) is 5.69 Å². The lowest BCUT2D eigenvalue weighted by atomic mass is 9.82. The smallest absolute Gasteiger partial charge is 0.100 e. The van der Waals surface area contributed by atoms with Gasteiger partial charge in [0.2, 0.25) is 0 Å². The fourth-order valence-electron chi connectivity index (χ4n) is 2.82. The van der Waals surface area contributed by atoms with Crippen molar-refractivity contribution in [2.75, 3.05) is 0 Å². The molecule has 1 aromatic carbocycles. The van der Waals surface area contributed by atoms with Crippen molar-refractivity contribution < 1.29 is 0 Å². The molecule has 4 nitrogen and oxygen atoms in total. The molecule has 1 aliphatic rings. The topological polar surface area (TPSA) is 56.7 Å². The molecule has 0 unspecified atom stereocenters. The molecule has 1 saturated carbocycles. The molecule has 0 radical (unpaired) electrons. The number of aryl methyl sites for hydroxylation is 2. The Labute approximate surface area is 113 Å². The van der Waals surface area contributed by atoms with E-state index in [1.54, 1.807) is 0 Å². The number of nitrogens with zero attached hydrogens (tertiary/aromatic N) is 3. The van der Waals surface area contributed by atoms with E-state index in [2.05, 4.69) is 42.4 Å². The summed E-state index contributed by atoms with van der Waals surface area (Å²) in [5.74, 6) is 0.578. The molecule has 2 N–H and O–H groups in total. The van der Waals surface area contributed by atoms with Crippen molar-refractivity contribution in [3.8, 4) is 5.69 Å². The lowest BCUT2D eigenvalue weighted by Gasteiger charge is -2.26. The number of aromatic nitrogens is 3. The van der Waals surface area contributed by atoms with Gasteiger partial charge in [-0.15, -0.1) is 5.10 Å². The molecule has 1 fully saturated rings. The van der Waals surface area contributed by atoms with Crippen LogP contribution in [-0.4, -0.2) is 15.0 Å². The summed E-state index contributed by atoms with van der Waals surface area (Å²) in [4.78, 5) is 0. The molecule has 4 heteroatoms. The van der Waals surface area contributed by atoms with Gasteiger partial charge >= 0.3 is 0 Å². The summed E-state index contributed by atoms with van der Waals surface area (Å²) in [6.45, 7) is 4.69. The third-order valence-electron chi connectivity index (χ3n) is 3.91. The zero-order valence-electron chi connectivity index (χ0n) is 11.6. The maximum atomic E-state index is 5.80. The molecule has 0 saturated heterocycles. The standard InChI is InChI=1S/C15H20N4/c1-10-6-11(2)8-13(7-10)19-15(12-4-3-5-12)14(9-16)17-18-19/h6-8,12H,3-5,9,16H2,1-2H3. The maximum Gasteiger partial charge on any atom is 0.100 e. The Morgan fingerprint density at radius 2 is 1.89 bits per heavy atom. The molecule has 0 spiro atoms. The number of rotatable bonds is 3. The van der Waals surface area contributed by atoms with Gasteiger partial charge in [-0.1, -0.05) is 17.7 Å². The number of nitrogens with two attached hydrogens (primary N) is 1. The second-order valence-corrected chi connectivity index (χ2v) is 5.51. The van der Waals surface area contributed by atoms with Gasteiger partial charge in [0.15, 0.2) is 0 Å². The van der Waals surface area contributed by atoms with Gasteiger partial charge in [-0.2, -0.15) is 0 Å². The maximum absolute atomic E-state index is 5.80. The number of benzene rings is 1. The predicted molar refractivity (Wildman–Crippen MR) is 75.3 cm³/mol. The SMILES string of the molecule is Cc1cc(C)cc(-n2nnc(CN)c2C2CCC2)c1. The summed E-state index contributed by atoms with van der Waals surface area (Å²) in [5.41, 5.74) is 11.6. The molecule has 19 heavy (non-hydrogen) atoms. The third kappa shape index (κ3) is 2.16. The minimum absolute atomic E-state index is 0.469. The Bertz CT molecular complexity index is 576. The van der Waals surface area contributed by atoms with Gasteiger partial charge in [-0.05, 0) is 49.9 Å². The van der Waals surface area contributed by atoms with Crippen LogP contribution in [0.15, 0.2) is 18.2 Å². The second kappa shape index (κ2) is 4.78. The van der Waals surface area contributed by atoms with Crippen molar-refractivity contribution in [1.82, 2.24) is 15.0 Å². The fourth-order valence-corrected chi connectivity index (χ4v) is 2.82. The highest BCUT2D eigenvalue weighted by atomic mass is 15.4. The summed E-state index contributed by atoms with van der Waals surface area (Å²) < 4.78 is 1.99. The number of hydrogen-bond acceptors (Lipinski definition) is 3. The lowest BCUT2D eigenvalue weighted by Crippen LogP contribution is -2.17. The third-order valence-corrected chi connectivity index (χ3v) is 3.91. The van der Waals surface area contributed by atoms with E-state index >= 15 is 0 Å². The van der Waals surface area contributed by atoms with E-state index in [-0.39, 0.29) is 0 Å². The van der Waals surface area contributed by atoms with E-state index in [0.29, 0.717) is 12.5 Å². The van der Waals surface area contributed by atoms with Crippen LogP contribution in [0.4, 0.5) is 0 Å². The molecule has 1 aliphatic carbocycles. The van der Waals surface area contributed by atoms with E-state index < -0.39 is 0 Å². The molecule has 1 heterocycles. The monoisotopic (exact) mass is 256 g/mol. The van der Waals surface area contributed by atoms with Gasteiger partial charge in [-0.3, -0.25) is 0 Å². The second-order valence-electron chi connectivity index (χ2n) is 5.51. The van der Waals surface area contributed by atoms with Gasteiger partial charge in [0.05, 0.1) is 11.4 Å². The van der Waals surface area contributed by atoms with Crippen molar-refractivity contribution in [3.63, 3.8) is 0 Å². The van der Waals surface area contributed by atoms with Crippen LogP contribution in [0.2, 0.25) is 0 Å². The highest BCUT2D eigenvalue weighted by Crippen LogP contribution is 2.38. The van der Waals surface area contributed by atoms with Crippen LogP contribution in [0.5, 0.6) is 0 Å². The van der Waals surface area contributed by atoms with Crippen molar-refractivity contribution >= 4 is 0 Å². The Balaban J connectivity index is 2.11. The average Bonchev–Trinajstić information content (AvgIpc) is 2.69.